The summed E-state index contributed by atoms with van der Waals surface area (Å²) in [6.45, 7) is 9.01. The summed E-state index contributed by atoms with van der Waals surface area (Å²) >= 11 is -2.11. The van der Waals surface area contributed by atoms with E-state index in [2.05, 4.69) is 20.8 Å². The summed E-state index contributed by atoms with van der Waals surface area (Å²) in [4.78, 5) is 0. The van der Waals surface area contributed by atoms with Crippen LogP contribution in [0.5, 0.6) is 0 Å². The van der Waals surface area contributed by atoms with Gasteiger partial charge in [0.2, 0.25) is 0 Å². The molecule has 2 N–H and O–H groups in total. The third-order valence-electron chi connectivity index (χ3n) is 4.76. The van der Waals surface area contributed by atoms with Gasteiger partial charge < -0.3 is 0 Å². The Kier molecular flexibility index (Phi) is 9.82. The zero-order chi connectivity index (χ0) is 15.6. The molecule has 21 heavy (non-hydrogen) atoms. The van der Waals surface area contributed by atoms with Gasteiger partial charge in [-0.25, -0.2) is 0 Å². The molecule has 0 aliphatic carbocycles. The van der Waals surface area contributed by atoms with Gasteiger partial charge in [-0.15, -0.1) is 0 Å². The van der Waals surface area contributed by atoms with Crippen LogP contribution in [0.4, 0.5) is 0 Å². The molecule has 1 aliphatic heterocycles. The quantitative estimate of drug-likeness (QED) is 0.468. The van der Waals surface area contributed by atoms with Crippen LogP contribution in [0.1, 0.15) is 59.3 Å². The maximum atomic E-state index is 6.21. The van der Waals surface area contributed by atoms with Crippen molar-refractivity contribution in [1.29, 1.82) is 0 Å². The van der Waals surface area contributed by atoms with Crippen LogP contribution in [-0.4, -0.2) is 48.4 Å². The molecule has 1 aliphatic rings. The van der Waals surface area contributed by atoms with Crippen LogP contribution in [0.3, 0.4) is 0 Å². The summed E-state index contributed by atoms with van der Waals surface area (Å²) in [6, 6.07) is 0. The van der Waals surface area contributed by atoms with Crippen molar-refractivity contribution >= 4 is 18.4 Å². The first kappa shape index (κ1) is 19.7. The normalized spacial score (nSPS) is 17.7. The van der Waals surface area contributed by atoms with Crippen LogP contribution in [-0.2, 0) is 9.47 Å². The summed E-state index contributed by atoms with van der Waals surface area (Å²) < 4.78 is 17.0. The van der Waals surface area contributed by atoms with Gasteiger partial charge in [-0.3, -0.25) is 0 Å². The second-order valence-corrected chi connectivity index (χ2v) is 20.8. The average Bonchev–Trinajstić information content (AvgIpc) is 2.46. The van der Waals surface area contributed by atoms with Crippen LogP contribution in [0.15, 0.2) is 0 Å². The second-order valence-electron chi connectivity index (χ2n) is 7.16. The molecule has 1 rings (SSSR count). The van der Waals surface area contributed by atoms with Crippen molar-refractivity contribution in [2.75, 3.05) is 24.4 Å². The van der Waals surface area contributed by atoms with Crippen molar-refractivity contribution < 1.29 is 9.47 Å². The molecule has 0 saturated carbocycles. The van der Waals surface area contributed by atoms with Crippen LogP contribution in [0.2, 0.25) is 13.3 Å². The minimum absolute atomic E-state index is 0.183. The summed E-state index contributed by atoms with van der Waals surface area (Å²) in [7, 11) is 0. The van der Waals surface area contributed by atoms with E-state index in [0.717, 1.165) is 4.62 Å². The van der Waals surface area contributed by atoms with Crippen LogP contribution < -0.4 is 5.73 Å². The predicted octanol–water partition coefficient (Wildman–Crippen LogP) is 4.12. The predicted molar refractivity (Wildman–Crippen MR) is 93.5 cm³/mol. The van der Waals surface area contributed by atoms with Gasteiger partial charge >= 0.3 is 136 Å². The van der Waals surface area contributed by atoms with Crippen molar-refractivity contribution in [3.05, 3.63) is 0 Å². The molecule has 0 bridgehead atoms. The molecule has 0 amide bonds. The van der Waals surface area contributed by atoms with Crippen molar-refractivity contribution in [3.8, 4) is 0 Å². The molecular formula is C17H37NO2Sn. The molecule has 0 aromatic heterocycles. The number of hydrogen-bond acceptors (Lipinski definition) is 3. The fraction of sp³-hybridized carbons (Fsp3) is 1.00. The van der Waals surface area contributed by atoms with Crippen LogP contribution >= 0.6 is 0 Å². The van der Waals surface area contributed by atoms with E-state index in [0.29, 0.717) is 19.8 Å². The van der Waals surface area contributed by atoms with Gasteiger partial charge in [0.15, 0.2) is 0 Å². The fourth-order valence-corrected chi connectivity index (χ4v) is 17.5. The molecule has 0 unspecified atom stereocenters. The Bertz CT molecular complexity index is 248. The first-order valence-corrected chi connectivity index (χ1v) is 17.1. The van der Waals surface area contributed by atoms with Crippen molar-refractivity contribution in [1.82, 2.24) is 0 Å². The summed E-state index contributed by atoms with van der Waals surface area (Å²) in [6.07, 6.45) is 8.19. The average molecular weight is 406 g/mol. The van der Waals surface area contributed by atoms with E-state index >= 15 is 0 Å². The van der Waals surface area contributed by atoms with E-state index in [1.165, 1.54) is 51.8 Å². The molecule has 3 nitrogen and oxygen atoms in total. The SMILES string of the molecule is CCC[CH2][Sn]([CH2]CCC)([CH2]CCC)[CH2]OCC1(N)COC1. The minimum atomic E-state index is -2.11. The number of hydrogen-bond donors (Lipinski definition) is 1. The van der Waals surface area contributed by atoms with Gasteiger partial charge in [0, 0.05) is 0 Å². The van der Waals surface area contributed by atoms with Gasteiger partial charge in [0.05, 0.1) is 0 Å². The van der Waals surface area contributed by atoms with E-state index in [4.69, 9.17) is 15.2 Å². The Balaban J connectivity index is 2.52. The first-order chi connectivity index (χ1) is 10.1. The zero-order valence-electron chi connectivity index (χ0n) is 14.6. The molecule has 4 heteroatoms. The monoisotopic (exact) mass is 407 g/mol. The summed E-state index contributed by atoms with van der Waals surface area (Å²) in [5.74, 6) is 0. The van der Waals surface area contributed by atoms with Crippen LogP contribution in [0, 0.1) is 0 Å². The van der Waals surface area contributed by atoms with Crippen molar-refractivity contribution in [2.24, 2.45) is 5.73 Å². The number of nitrogens with two attached hydrogens (primary N) is 1. The Labute approximate surface area is 136 Å². The molecule has 1 saturated heterocycles. The maximum absolute atomic E-state index is 6.21. The van der Waals surface area contributed by atoms with Crippen molar-refractivity contribution in [2.45, 2.75) is 78.1 Å². The third-order valence-corrected chi connectivity index (χ3v) is 19.2. The molecule has 0 atom stereocenters. The van der Waals surface area contributed by atoms with Crippen LogP contribution in [0.25, 0.3) is 0 Å². The number of rotatable bonds is 13. The Morgan fingerprint density at radius 3 is 1.76 bits per heavy atom. The molecule has 0 spiro atoms. The van der Waals surface area contributed by atoms with Crippen molar-refractivity contribution in [3.63, 3.8) is 0 Å². The topological polar surface area (TPSA) is 44.5 Å². The molecular weight excluding hydrogens is 369 g/mol. The number of unbranched alkanes of at least 4 members (excludes halogenated alkanes) is 3. The molecule has 0 radical (unpaired) electrons. The summed E-state index contributed by atoms with van der Waals surface area (Å²) in [5, 5.41) is 0. The number of ether oxygens (including phenoxy) is 2. The van der Waals surface area contributed by atoms with Gasteiger partial charge in [-0.2, -0.15) is 0 Å². The van der Waals surface area contributed by atoms with Gasteiger partial charge in [-0.05, 0) is 0 Å². The molecule has 126 valence electrons. The van der Waals surface area contributed by atoms with Gasteiger partial charge in [0.25, 0.3) is 0 Å². The first-order valence-electron chi connectivity index (χ1n) is 9.04. The Morgan fingerprint density at radius 2 is 1.43 bits per heavy atom. The van der Waals surface area contributed by atoms with Gasteiger partial charge in [-0.1, -0.05) is 0 Å². The van der Waals surface area contributed by atoms with E-state index < -0.39 is 18.4 Å². The van der Waals surface area contributed by atoms with E-state index in [1.807, 2.05) is 0 Å². The molecule has 0 aromatic carbocycles. The second kappa shape index (κ2) is 10.5. The zero-order valence-corrected chi connectivity index (χ0v) is 17.4. The Morgan fingerprint density at radius 1 is 0.952 bits per heavy atom. The molecule has 1 fully saturated rings. The molecule has 1 heterocycles. The van der Waals surface area contributed by atoms with E-state index in [1.54, 1.807) is 0 Å². The van der Waals surface area contributed by atoms with Gasteiger partial charge in [0.1, 0.15) is 0 Å². The Hall–Kier alpha value is 0.679. The standard InChI is InChI=1S/C5H10NO2.3C4H9.Sn/c1-7-2-5(6)3-8-4-5;3*1-3-4-2;/h1-4,6H2;3*1,3-4H2,2H3;. The van der Waals surface area contributed by atoms with E-state index in [9.17, 15) is 0 Å². The van der Waals surface area contributed by atoms with E-state index in [-0.39, 0.29) is 5.54 Å². The molecule has 0 aromatic rings. The fourth-order valence-electron chi connectivity index (χ4n) is 3.17. The third kappa shape index (κ3) is 7.19. The summed E-state index contributed by atoms with van der Waals surface area (Å²) in [5.41, 5.74) is 6.02.